The van der Waals surface area contributed by atoms with Crippen molar-refractivity contribution in [1.29, 1.82) is 0 Å². The Morgan fingerprint density at radius 1 is 1.62 bits per heavy atom. The molecule has 1 rings (SSSR count). The van der Waals surface area contributed by atoms with Gasteiger partial charge in [-0.1, -0.05) is 13.0 Å². The molecule has 4 heteroatoms. The van der Waals surface area contributed by atoms with Crippen molar-refractivity contribution in [3.05, 3.63) is 34.1 Å². The van der Waals surface area contributed by atoms with Gasteiger partial charge in [0.25, 0.3) is 0 Å². The van der Waals surface area contributed by atoms with Crippen LogP contribution in [0, 0.1) is 5.82 Å². The predicted molar refractivity (Wildman–Crippen MR) is 54.5 cm³/mol. The zero-order chi connectivity index (χ0) is 9.84. The molecular formula is C9H12BrFN2. The van der Waals surface area contributed by atoms with E-state index in [1.165, 1.54) is 6.07 Å². The van der Waals surface area contributed by atoms with Crippen molar-refractivity contribution in [3.63, 3.8) is 0 Å². The average Bonchev–Trinajstić information content (AvgIpc) is 2.13. The molecule has 0 unspecified atom stereocenters. The quantitative estimate of drug-likeness (QED) is 0.636. The molecule has 13 heavy (non-hydrogen) atoms. The lowest BCUT2D eigenvalue weighted by Gasteiger charge is -2.13. The fourth-order valence-electron chi connectivity index (χ4n) is 1.18. The van der Waals surface area contributed by atoms with E-state index in [0.717, 1.165) is 12.0 Å². The van der Waals surface area contributed by atoms with Gasteiger partial charge in [-0.25, -0.2) is 4.39 Å². The molecule has 0 aliphatic carbocycles. The van der Waals surface area contributed by atoms with Crippen molar-refractivity contribution in [2.24, 2.45) is 5.84 Å². The monoisotopic (exact) mass is 246 g/mol. The van der Waals surface area contributed by atoms with Crippen LogP contribution in [0.2, 0.25) is 0 Å². The van der Waals surface area contributed by atoms with Crippen LogP contribution in [0.3, 0.4) is 0 Å². The summed E-state index contributed by atoms with van der Waals surface area (Å²) in [5.41, 5.74) is 3.66. The van der Waals surface area contributed by atoms with Crippen molar-refractivity contribution >= 4 is 15.9 Å². The van der Waals surface area contributed by atoms with E-state index in [-0.39, 0.29) is 11.9 Å². The van der Waals surface area contributed by atoms with Gasteiger partial charge in [0.15, 0.2) is 0 Å². The first-order valence-electron chi connectivity index (χ1n) is 4.10. The van der Waals surface area contributed by atoms with Crippen molar-refractivity contribution < 1.29 is 4.39 Å². The van der Waals surface area contributed by atoms with Crippen LogP contribution in [0.25, 0.3) is 0 Å². The predicted octanol–water partition coefficient (Wildman–Crippen LogP) is 2.50. The molecule has 0 aliphatic heterocycles. The average molecular weight is 247 g/mol. The molecule has 1 atom stereocenters. The molecule has 3 N–H and O–H groups in total. The second-order valence-electron chi connectivity index (χ2n) is 2.80. The smallest absolute Gasteiger partial charge is 0.137 e. The van der Waals surface area contributed by atoms with E-state index in [2.05, 4.69) is 21.4 Å². The highest BCUT2D eigenvalue weighted by molar-refractivity contribution is 9.10. The lowest BCUT2D eigenvalue weighted by Crippen LogP contribution is -2.27. The summed E-state index contributed by atoms with van der Waals surface area (Å²) in [6.45, 7) is 2.02. The highest BCUT2D eigenvalue weighted by Gasteiger charge is 2.08. The Hall–Kier alpha value is -0.450. The molecule has 0 saturated heterocycles. The maximum absolute atomic E-state index is 12.9. The molecule has 2 nitrogen and oxygen atoms in total. The summed E-state index contributed by atoms with van der Waals surface area (Å²) in [5.74, 6) is 5.09. The first-order chi connectivity index (χ1) is 6.19. The summed E-state index contributed by atoms with van der Waals surface area (Å²) in [5, 5.41) is 0. The highest BCUT2D eigenvalue weighted by Crippen LogP contribution is 2.22. The molecule has 0 fully saturated rings. The zero-order valence-electron chi connectivity index (χ0n) is 7.35. The second kappa shape index (κ2) is 4.69. The number of hydrogen-bond acceptors (Lipinski definition) is 2. The first-order valence-corrected chi connectivity index (χ1v) is 4.89. The molecule has 0 aliphatic rings. The largest absolute Gasteiger partial charge is 0.271 e. The number of hydrazine groups is 1. The van der Waals surface area contributed by atoms with E-state index in [0.29, 0.717) is 4.47 Å². The number of rotatable bonds is 3. The number of benzene rings is 1. The molecule has 72 valence electrons. The fourth-order valence-corrected chi connectivity index (χ4v) is 1.58. The summed E-state index contributed by atoms with van der Waals surface area (Å²) in [7, 11) is 0. The van der Waals surface area contributed by atoms with Crippen LogP contribution >= 0.6 is 15.9 Å². The molecule has 0 aromatic heterocycles. The van der Waals surface area contributed by atoms with Crippen LogP contribution in [-0.2, 0) is 0 Å². The third kappa shape index (κ3) is 2.49. The Balaban J connectivity index is 2.95. The normalized spacial score (nSPS) is 12.9. The fraction of sp³-hybridized carbons (Fsp3) is 0.333. The van der Waals surface area contributed by atoms with Gasteiger partial charge in [0.05, 0.1) is 4.47 Å². The van der Waals surface area contributed by atoms with Gasteiger partial charge in [-0.05, 0) is 40.0 Å². The van der Waals surface area contributed by atoms with Crippen molar-refractivity contribution in [3.8, 4) is 0 Å². The van der Waals surface area contributed by atoms with Gasteiger partial charge in [0.2, 0.25) is 0 Å². The summed E-state index contributed by atoms with van der Waals surface area (Å²) in [6.07, 6.45) is 0.870. The highest BCUT2D eigenvalue weighted by atomic mass is 79.9. The van der Waals surface area contributed by atoms with Gasteiger partial charge >= 0.3 is 0 Å². The Labute approximate surface area is 85.4 Å². The maximum atomic E-state index is 12.9. The first kappa shape index (κ1) is 10.6. The summed E-state index contributed by atoms with van der Waals surface area (Å²) < 4.78 is 13.3. The Kier molecular flexibility index (Phi) is 3.84. The molecule has 0 saturated carbocycles. The van der Waals surface area contributed by atoms with E-state index in [4.69, 9.17) is 5.84 Å². The van der Waals surface area contributed by atoms with Crippen molar-refractivity contribution in [1.82, 2.24) is 5.43 Å². The zero-order valence-corrected chi connectivity index (χ0v) is 8.94. The van der Waals surface area contributed by atoms with Crippen molar-refractivity contribution in [2.75, 3.05) is 0 Å². The molecule has 0 radical (unpaired) electrons. The summed E-state index contributed by atoms with van der Waals surface area (Å²) in [4.78, 5) is 0. The van der Waals surface area contributed by atoms with Gasteiger partial charge in [-0.3, -0.25) is 11.3 Å². The van der Waals surface area contributed by atoms with Crippen LogP contribution < -0.4 is 11.3 Å². The topological polar surface area (TPSA) is 38.0 Å². The van der Waals surface area contributed by atoms with E-state index >= 15 is 0 Å². The van der Waals surface area contributed by atoms with Crippen LogP contribution in [-0.4, -0.2) is 0 Å². The minimum atomic E-state index is -0.254. The Morgan fingerprint density at radius 3 is 2.77 bits per heavy atom. The van der Waals surface area contributed by atoms with E-state index < -0.39 is 0 Å². The third-order valence-electron chi connectivity index (χ3n) is 1.96. The van der Waals surface area contributed by atoms with Gasteiger partial charge in [-0.2, -0.15) is 0 Å². The molecular weight excluding hydrogens is 235 g/mol. The van der Waals surface area contributed by atoms with Gasteiger partial charge in [-0.15, -0.1) is 0 Å². The SMILES string of the molecule is CC[C@@H](NN)c1ccc(F)c(Br)c1. The van der Waals surface area contributed by atoms with E-state index in [1.807, 2.05) is 6.92 Å². The minimum Gasteiger partial charge on any atom is -0.271 e. The van der Waals surface area contributed by atoms with E-state index in [9.17, 15) is 4.39 Å². The minimum absolute atomic E-state index is 0.0805. The second-order valence-corrected chi connectivity index (χ2v) is 3.66. The number of halogens is 2. The summed E-state index contributed by atoms with van der Waals surface area (Å²) in [6, 6.07) is 4.98. The van der Waals surface area contributed by atoms with Crippen LogP contribution in [0.15, 0.2) is 22.7 Å². The van der Waals surface area contributed by atoms with Gasteiger partial charge < -0.3 is 0 Å². The van der Waals surface area contributed by atoms with Gasteiger partial charge in [0.1, 0.15) is 5.82 Å². The Bertz CT molecular complexity index is 287. The van der Waals surface area contributed by atoms with Gasteiger partial charge in [0, 0.05) is 6.04 Å². The molecule has 1 aromatic rings. The summed E-state index contributed by atoms with van der Waals surface area (Å²) >= 11 is 3.13. The van der Waals surface area contributed by atoms with E-state index in [1.54, 1.807) is 12.1 Å². The van der Waals surface area contributed by atoms with Crippen LogP contribution in [0.5, 0.6) is 0 Å². The molecule has 0 spiro atoms. The maximum Gasteiger partial charge on any atom is 0.137 e. The van der Waals surface area contributed by atoms with Crippen LogP contribution in [0.1, 0.15) is 24.9 Å². The molecule has 0 heterocycles. The Morgan fingerprint density at radius 2 is 2.31 bits per heavy atom. The third-order valence-corrected chi connectivity index (χ3v) is 2.56. The molecule has 1 aromatic carbocycles. The number of hydrogen-bond donors (Lipinski definition) is 2. The van der Waals surface area contributed by atoms with Crippen LogP contribution in [0.4, 0.5) is 4.39 Å². The lowest BCUT2D eigenvalue weighted by molar-refractivity contribution is 0.536. The van der Waals surface area contributed by atoms with Crippen molar-refractivity contribution in [2.45, 2.75) is 19.4 Å². The number of nitrogens with one attached hydrogen (secondary N) is 1. The lowest BCUT2D eigenvalue weighted by atomic mass is 10.1. The molecule has 0 bridgehead atoms. The molecule has 0 amide bonds. The number of nitrogens with two attached hydrogens (primary N) is 1. The standard InChI is InChI=1S/C9H12BrFN2/c1-2-9(13-12)6-3-4-8(11)7(10)5-6/h3-5,9,13H,2,12H2,1H3/t9-/m1/s1.